The molecule has 5 nitrogen and oxygen atoms in total. The van der Waals surface area contributed by atoms with E-state index in [1.54, 1.807) is 7.05 Å². The lowest BCUT2D eigenvalue weighted by Gasteiger charge is -2.30. The molecule has 0 bridgehead atoms. The van der Waals surface area contributed by atoms with Gasteiger partial charge >= 0.3 is 0 Å². The summed E-state index contributed by atoms with van der Waals surface area (Å²) in [7, 11) is -1.66. The maximum atomic E-state index is 11.7. The Morgan fingerprint density at radius 3 is 2.53 bits per heavy atom. The van der Waals surface area contributed by atoms with E-state index in [0.717, 1.165) is 22.3 Å². The largest absolute Gasteiger partial charge is 0.378 e. The number of halogens is 1. The van der Waals surface area contributed by atoms with Gasteiger partial charge in [0, 0.05) is 29.4 Å². The SMILES string of the molecule is CN(c1cc(N2CCOCC2)ccc1I)S(C)(=O)=O. The van der Waals surface area contributed by atoms with Crippen molar-refractivity contribution in [3.63, 3.8) is 0 Å². The summed E-state index contributed by atoms with van der Waals surface area (Å²) in [6, 6.07) is 5.89. The van der Waals surface area contributed by atoms with Gasteiger partial charge in [0.1, 0.15) is 0 Å². The molecule has 0 spiro atoms. The van der Waals surface area contributed by atoms with Crippen LogP contribution < -0.4 is 9.21 Å². The second kappa shape index (κ2) is 5.84. The lowest BCUT2D eigenvalue weighted by Crippen LogP contribution is -2.36. The molecule has 7 heteroatoms. The number of nitrogens with zero attached hydrogens (tertiary/aromatic N) is 2. The Kier molecular flexibility index (Phi) is 4.57. The van der Waals surface area contributed by atoms with Crippen LogP contribution in [0.5, 0.6) is 0 Å². The highest BCUT2D eigenvalue weighted by Crippen LogP contribution is 2.29. The van der Waals surface area contributed by atoms with Gasteiger partial charge in [-0.1, -0.05) is 0 Å². The van der Waals surface area contributed by atoms with Gasteiger partial charge in [-0.2, -0.15) is 0 Å². The first-order valence-electron chi connectivity index (χ1n) is 5.96. The number of hydrogen-bond acceptors (Lipinski definition) is 4. The van der Waals surface area contributed by atoms with E-state index in [2.05, 4.69) is 27.5 Å². The summed E-state index contributed by atoms with van der Waals surface area (Å²) < 4.78 is 30.9. The zero-order valence-corrected chi connectivity index (χ0v) is 13.9. The fourth-order valence-corrected chi connectivity index (χ4v) is 3.31. The highest BCUT2D eigenvalue weighted by atomic mass is 127. The van der Waals surface area contributed by atoms with Crippen molar-refractivity contribution in [2.24, 2.45) is 0 Å². The summed E-state index contributed by atoms with van der Waals surface area (Å²) in [6.07, 6.45) is 1.21. The van der Waals surface area contributed by atoms with Crippen molar-refractivity contribution >= 4 is 44.0 Å². The molecule has 0 atom stereocenters. The van der Waals surface area contributed by atoms with Crippen LogP contribution >= 0.6 is 22.6 Å². The van der Waals surface area contributed by atoms with Crippen molar-refractivity contribution in [2.75, 3.05) is 48.8 Å². The number of sulfonamides is 1. The molecule has 0 aliphatic carbocycles. The van der Waals surface area contributed by atoms with Crippen molar-refractivity contribution in [2.45, 2.75) is 0 Å². The highest BCUT2D eigenvalue weighted by molar-refractivity contribution is 14.1. The predicted molar refractivity (Wildman–Crippen MR) is 85.4 cm³/mol. The first-order chi connectivity index (χ1) is 8.89. The van der Waals surface area contributed by atoms with Crippen LogP contribution in [0.1, 0.15) is 0 Å². The summed E-state index contributed by atoms with van der Waals surface area (Å²) in [4.78, 5) is 2.21. The van der Waals surface area contributed by atoms with Crippen molar-refractivity contribution in [3.8, 4) is 0 Å². The number of anilines is 2. The Bertz CT molecular complexity index is 556. The van der Waals surface area contributed by atoms with E-state index in [1.807, 2.05) is 18.2 Å². The van der Waals surface area contributed by atoms with Crippen molar-refractivity contribution in [1.29, 1.82) is 0 Å². The third-order valence-corrected chi connectivity index (χ3v) is 5.25. The Morgan fingerprint density at radius 2 is 1.95 bits per heavy atom. The third kappa shape index (κ3) is 3.51. The molecule has 0 amide bonds. The number of benzene rings is 1. The van der Waals surface area contributed by atoms with Gasteiger partial charge in [-0.15, -0.1) is 0 Å². The van der Waals surface area contributed by atoms with Crippen LogP contribution in [0.4, 0.5) is 11.4 Å². The molecule has 1 saturated heterocycles. The standard InChI is InChI=1S/C12H17IN2O3S/c1-14(19(2,16)17)12-9-10(3-4-11(12)13)15-5-7-18-8-6-15/h3-4,9H,5-8H2,1-2H3. The molecule has 1 aliphatic rings. The molecule has 1 aromatic rings. The summed E-state index contributed by atoms with van der Waals surface area (Å²) in [5, 5.41) is 0. The predicted octanol–water partition coefficient (Wildman–Crippen LogP) is 1.52. The highest BCUT2D eigenvalue weighted by Gasteiger charge is 2.18. The number of rotatable bonds is 3. The fraction of sp³-hybridized carbons (Fsp3) is 0.500. The molecule has 2 rings (SSSR count). The Morgan fingerprint density at radius 1 is 1.32 bits per heavy atom. The van der Waals surface area contributed by atoms with Gasteiger partial charge in [-0.05, 0) is 40.8 Å². The molecule has 0 saturated carbocycles. The average molecular weight is 396 g/mol. The Hall–Kier alpha value is -0.540. The van der Waals surface area contributed by atoms with Gasteiger partial charge in [0.15, 0.2) is 0 Å². The van der Waals surface area contributed by atoms with Gasteiger partial charge in [-0.3, -0.25) is 4.31 Å². The van der Waals surface area contributed by atoms with Crippen LogP contribution in [0.25, 0.3) is 0 Å². The molecule has 1 aliphatic heterocycles. The molecule has 0 N–H and O–H groups in total. The maximum Gasteiger partial charge on any atom is 0.232 e. The van der Waals surface area contributed by atoms with E-state index in [9.17, 15) is 8.42 Å². The second-order valence-corrected chi connectivity index (χ2v) is 7.64. The topological polar surface area (TPSA) is 49.9 Å². The normalized spacial score (nSPS) is 16.5. The van der Waals surface area contributed by atoms with Gasteiger partial charge < -0.3 is 9.64 Å². The van der Waals surface area contributed by atoms with Crippen molar-refractivity contribution in [3.05, 3.63) is 21.8 Å². The lowest BCUT2D eigenvalue weighted by molar-refractivity contribution is 0.122. The van der Waals surface area contributed by atoms with Crippen LogP contribution in [-0.4, -0.2) is 48.0 Å². The van der Waals surface area contributed by atoms with Gasteiger partial charge in [-0.25, -0.2) is 8.42 Å². The maximum absolute atomic E-state index is 11.7. The van der Waals surface area contributed by atoms with Gasteiger partial charge in [0.25, 0.3) is 0 Å². The lowest BCUT2D eigenvalue weighted by atomic mass is 10.2. The summed E-state index contributed by atoms with van der Waals surface area (Å²) >= 11 is 2.15. The van der Waals surface area contributed by atoms with Gasteiger partial charge in [0.05, 0.1) is 25.2 Å². The van der Waals surface area contributed by atoms with Gasteiger partial charge in [0.2, 0.25) is 10.0 Å². The van der Waals surface area contributed by atoms with E-state index in [0.29, 0.717) is 18.9 Å². The van der Waals surface area contributed by atoms with Crippen LogP contribution in [0.3, 0.4) is 0 Å². The van der Waals surface area contributed by atoms with E-state index in [1.165, 1.54) is 10.6 Å². The van der Waals surface area contributed by atoms with Crippen LogP contribution in [-0.2, 0) is 14.8 Å². The minimum atomic E-state index is -3.24. The summed E-state index contributed by atoms with van der Waals surface area (Å²) in [5.74, 6) is 0. The molecule has 106 valence electrons. The Balaban J connectivity index is 2.34. The molecule has 1 heterocycles. The molecule has 0 unspecified atom stereocenters. The molecular formula is C12H17IN2O3S. The quantitative estimate of drug-likeness (QED) is 0.728. The Labute approximate surface area is 127 Å². The monoisotopic (exact) mass is 396 g/mol. The minimum Gasteiger partial charge on any atom is -0.378 e. The molecule has 0 radical (unpaired) electrons. The number of ether oxygens (including phenoxy) is 1. The van der Waals surface area contributed by atoms with Crippen molar-refractivity contribution < 1.29 is 13.2 Å². The molecule has 19 heavy (non-hydrogen) atoms. The molecule has 0 aromatic heterocycles. The van der Waals surface area contributed by atoms with E-state index < -0.39 is 10.0 Å². The summed E-state index contributed by atoms with van der Waals surface area (Å²) in [6.45, 7) is 3.09. The zero-order valence-electron chi connectivity index (χ0n) is 11.0. The van der Waals surface area contributed by atoms with Crippen LogP contribution in [0.15, 0.2) is 18.2 Å². The van der Waals surface area contributed by atoms with E-state index in [-0.39, 0.29) is 0 Å². The number of morpholine rings is 1. The minimum absolute atomic E-state index is 0.712. The van der Waals surface area contributed by atoms with Crippen LogP contribution in [0.2, 0.25) is 0 Å². The second-order valence-electron chi connectivity index (χ2n) is 4.47. The smallest absolute Gasteiger partial charge is 0.232 e. The summed E-state index contributed by atoms with van der Waals surface area (Å²) in [5.41, 5.74) is 1.75. The zero-order chi connectivity index (χ0) is 14.0. The van der Waals surface area contributed by atoms with Crippen LogP contribution in [0, 0.1) is 3.57 Å². The third-order valence-electron chi connectivity index (χ3n) is 3.14. The first-order valence-corrected chi connectivity index (χ1v) is 8.88. The molecule has 1 fully saturated rings. The molecule has 1 aromatic carbocycles. The first kappa shape index (κ1) is 14.9. The van der Waals surface area contributed by atoms with Crippen molar-refractivity contribution in [1.82, 2.24) is 0 Å². The fourth-order valence-electron chi connectivity index (χ4n) is 1.94. The van der Waals surface area contributed by atoms with E-state index >= 15 is 0 Å². The molecular weight excluding hydrogens is 379 g/mol. The van der Waals surface area contributed by atoms with E-state index in [4.69, 9.17) is 4.74 Å². The average Bonchev–Trinajstić information content (AvgIpc) is 2.38. The number of hydrogen-bond donors (Lipinski definition) is 0.